The second-order valence-corrected chi connectivity index (χ2v) is 4.51. The van der Waals surface area contributed by atoms with Gasteiger partial charge in [0.1, 0.15) is 0 Å². The SMILES string of the molecule is O=C(NCC[C@@H]1CCCN1)N1CCCC1. The third-order valence-electron chi connectivity index (χ3n) is 3.32. The molecule has 2 amide bonds. The van der Waals surface area contributed by atoms with Crippen molar-refractivity contribution in [3.8, 4) is 0 Å². The second kappa shape index (κ2) is 5.35. The molecule has 86 valence electrons. The summed E-state index contributed by atoms with van der Waals surface area (Å²) in [5.41, 5.74) is 0. The molecule has 1 atom stereocenters. The Morgan fingerprint density at radius 2 is 2.13 bits per heavy atom. The molecule has 0 unspecified atom stereocenters. The van der Waals surface area contributed by atoms with Gasteiger partial charge in [-0.2, -0.15) is 0 Å². The van der Waals surface area contributed by atoms with E-state index in [1.54, 1.807) is 0 Å². The van der Waals surface area contributed by atoms with Gasteiger partial charge in [0, 0.05) is 25.7 Å². The minimum absolute atomic E-state index is 0.130. The number of carbonyl (C=O) groups excluding carboxylic acids is 1. The van der Waals surface area contributed by atoms with E-state index in [4.69, 9.17) is 0 Å². The van der Waals surface area contributed by atoms with Crippen molar-refractivity contribution < 1.29 is 4.79 Å². The highest BCUT2D eigenvalue weighted by atomic mass is 16.2. The molecule has 2 N–H and O–H groups in total. The minimum atomic E-state index is 0.130. The molecule has 2 fully saturated rings. The number of amides is 2. The summed E-state index contributed by atoms with van der Waals surface area (Å²) in [7, 11) is 0. The van der Waals surface area contributed by atoms with Crippen LogP contribution < -0.4 is 10.6 Å². The summed E-state index contributed by atoms with van der Waals surface area (Å²) in [5.74, 6) is 0. The summed E-state index contributed by atoms with van der Waals surface area (Å²) in [6.07, 6.45) is 5.94. The van der Waals surface area contributed by atoms with Gasteiger partial charge in [0.2, 0.25) is 0 Å². The molecule has 2 saturated heterocycles. The van der Waals surface area contributed by atoms with Gasteiger partial charge in [-0.15, -0.1) is 0 Å². The molecule has 0 aliphatic carbocycles. The maximum absolute atomic E-state index is 11.6. The molecule has 0 spiro atoms. The van der Waals surface area contributed by atoms with Gasteiger partial charge in [-0.05, 0) is 38.6 Å². The third kappa shape index (κ3) is 3.09. The van der Waals surface area contributed by atoms with E-state index >= 15 is 0 Å². The van der Waals surface area contributed by atoms with Crippen LogP contribution in [0.15, 0.2) is 0 Å². The van der Waals surface area contributed by atoms with E-state index in [9.17, 15) is 4.79 Å². The van der Waals surface area contributed by atoms with E-state index in [2.05, 4.69) is 10.6 Å². The molecule has 0 bridgehead atoms. The van der Waals surface area contributed by atoms with Crippen molar-refractivity contribution in [2.75, 3.05) is 26.2 Å². The molecule has 4 heteroatoms. The van der Waals surface area contributed by atoms with Crippen LogP contribution in [0.3, 0.4) is 0 Å². The molecule has 2 aliphatic heterocycles. The molecule has 0 aromatic rings. The average Bonchev–Trinajstić information content (AvgIpc) is 2.90. The van der Waals surface area contributed by atoms with Crippen molar-refractivity contribution in [2.45, 2.75) is 38.1 Å². The van der Waals surface area contributed by atoms with E-state index in [-0.39, 0.29) is 6.03 Å². The zero-order valence-corrected chi connectivity index (χ0v) is 9.30. The first-order chi connectivity index (χ1) is 7.36. The lowest BCUT2D eigenvalue weighted by Crippen LogP contribution is -2.39. The van der Waals surface area contributed by atoms with Crippen molar-refractivity contribution in [2.24, 2.45) is 0 Å². The van der Waals surface area contributed by atoms with E-state index in [1.165, 1.54) is 12.8 Å². The van der Waals surface area contributed by atoms with Crippen LogP contribution in [0.5, 0.6) is 0 Å². The van der Waals surface area contributed by atoms with E-state index < -0.39 is 0 Å². The third-order valence-corrected chi connectivity index (χ3v) is 3.32. The molecule has 2 heterocycles. The lowest BCUT2D eigenvalue weighted by molar-refractivity contribution is 0.208. The molecule has 0 aromatic heterocycles. The Hall–Kier alpha value is -0.770. The molecule has 0 saturated carbocycles. The fraction of sp³-hybridized carbons (Fsp3) is 0.909. The van der Waals surface area contributed by atoms with Gasteiger partial charge in [-0.25, -0.2) is 4.79 Å². The zero-order valence-electron chi connectivity index (χ0n) is 9.30. The number of rotatable bonds is 3. The Kier molecular flexibility index (Phi) is 3.83. The number of carbonyl (C=O) groups is 1. The first kappa shape index (κ1) is 10.7. The summed E-state index contributed by atoms with van der Waals surface area (Å²) >= 11 is 0. The largest absolute Gasteiger partial charge is 0.338 e. The van der Waals surface area contributed by atoms with Crippen LogP contribution in [0, 0.1) is 0 Å². The lowest BCUT2D eigenvalue weighted by Gasteiger charge is -2.17. The minimum Gasteiger partial charge on any atom is -0.338 e. The smallest absolute Gasteiger partial charge is 0.317 e. The van der Waals surface area contributed by atoms with Crippen molar-refractivity contribution >= 4 is 6.03 Å². The van der Waals surface area contributed by atoms with Gasteiger partial charge in [0.15, 0.2) is 0 Å². The van der Waals surface area contributed by atoms with Crippen LogP contribution in [-0.4, -0.2) is 43.2 Å². The Labute approximate surface area is 91.4 Å². The van der Waals surface area contributed by atoms with Gasteiger partial charge in [0.25, 0.3) is 0 Å². The molecule has 0 aromatic carbocycles. The maximum atomic E-state index is 11.6. The molecule has 15 heavy (non-hydrogen) atoms. The van der Waals surface area contributed by atoms with Gasteiger partial charge >= 0.3 is 6.03 Å². The van der Waals surface area contributed by atoms with Gasteiger partial charge < -0.3 is 15.5 Å². The van der Waals surface area contributed by atoms with Crippen LogP contribution >= 0.6 is 0 Å². The molecular weight excluding hydrogens is 190 g/mol. The van der Waals surface area contributed by atoms with Crippen molar-refractivity contribution in [1.29, 1.82) is 0 Å². The molecule has 2 rings (SSSR count). The number of hydrogen-bond donors (Lipinski definition) is 2. The number of hydrogen-bond acceptors (Lipinski definition) is 2. The Morgan fingerprint density at radius 1 is 1.33 bits per heavy atom. The normalized spacial score (nSPS) is 25.9. The predicted octanol–water partition coefficient (Wildman–Crippen LogP) is 0.934. The highest BCUT2D eigenvalue weighted by Crippen LogP contribution is 2.09. The summed E-state index contributed by atoms with van der Waals surface area (Å²) in [5, 5.41) is 6.43. The zero-order chi connectivity index (χ0) is 10.5. The summed E-state index contributed by atoms with van der Waals surface area (Å²) < 4.78 is 0. The maximum Gasteiger partial charge on any atom is 0.317 e. The van der Waals surface area contributed by atoms with Crippen LogP contribution in [0.1, 0.15) is 32.1 Å². The number of likely N-dealkylation sites (tertiary alicyclic amines) is 1. The fourth-order valence-corrected chi connectivity index (χ4v) is 2.39. The quantitative estimate of drug-likeness (QED) is 0.729. The highest BCUT2D eigenvalue weighted by Gasteiger charge is 2.18. The molecule has 0 radical (unpaired) electrons. The number of urea groups is 1. The first-order valence-corrected chi connectivity index (χ1v) is 6.12. The van der Waals surface area contributed by atoms with Gasteiger partial charge in [0.05, 0.1) is 0 Å². The van der Waals surface area contributed by atoms with Crippen LogP contribution in [0.4, 0.5) is 4.79 Å². The fourth-order valence-electron chi connectivity index (χ4n) is 2.39. The summed E-state index contributed by atoms with van der Waals surface area (Å²) in [4.78, 5) is 13.5. The van der Waals surface area contributed by atoms with Crippen LogP contribution in [0.25, 0.3) is 0 Å². The Bertz CT molecular complexity index is 208. The Balaban J connectivity index is 1.58. The molecular formula is C11H21N3O. The Morgan fingerprint density at radius 3 is 2.80 bits per heavy atom. The van der Waals surface area contributed by atoms with Gasteiger partial charge in [-0.3, -0.25) is 0 Å². The molecule has 4 nitrogen and oxygen atoms in total. The van der Waals surface area contributed by atoms with Gasteiger partial charge in [-0.1, -0.05) is 0 Å². The monoisotopic (exact) mass is 211 g/mol. The van der Waals surface area contributed by atoms with Crippen LogP contribution in [0.2, 0.25) is 0 Å². The van der Waals surface area contributed by atoms with Crippen molar-refractivity contribution in [3.05, 3.63) is 0 Å². The predicted molar refractivity (Wildman–Crippen MR) is 59.8 cm³/mol. The van der Waals surface area contributed by atoms with E-state index in [0.29, 0.717) is 6.04 Å². The standard InChI is InChI=1S/C11H21N3O/c15-11(14-8-1-2-9-14)13-7-5-10-4-3-6-12-10/h10,12H,1-9H2,(H,13,15)/t10-/m0/s1. The van der Waals surface area contributed by atoms with Crippen molar-refractivity contribution in [1.82, 2.24) is 15.5 Å². The summed E-state index contributed by atoms with van der Waals surface area (Å²) in [6.45, 7) is 3.83. The average molecular weight is 211 g/mol. The summed E-state index contributed by atoms with van der Waals surface area (Å²) in [6, 6.07) is 0.759. The second-order valence-electron chi connectivity index (χ2n) is 4.51. The number of nitrogens with one attached hydrogen (secondary N) is 2. The number of nitrogens with zero attached hydrogens (tertiary/aromatic N) is 1. The van der Waals surface area contributed by atoms with Crippen LogP contribution in [-0.2, 0) is 0 Å². The molecule has 2 aliphatic rings. The highest BCUT2D eigenvalue weighted by molar-refractivity contribution is 5.74. The van der Waals surface area contributed by atoms with E-state index in [1.807, 2.05) is 4.90 Å². The topological polar surface area (TPSA) is 44.4 Å². The van der Waals surface area contributed by atoms with Crippen molar-refractivity contribution in [3.63, 3.8) is 0 Å². The van der Waals surface area contributed by atoms with E-state index in [0.717, 1.165) is 45.4 Å². The first-order valence-electron chi connectivity index (χ1n) is 6.12. The lowest BCUT2D eigenvalue weighted by atomic mass is 10.1.